The van der Waals surface area contributed by atoms with Gasteiger partial charge in [0.2, 0.25) is 0 Å². The van der Waals surface area contributed by atoms with E-state index in [0.29, 0.717) is 30.0 Å². The standard InChI is InChI=1S/C23H25FN4O/c1-18-20(16-25-28(18)22-11-6-5-10-21(22)24)23(29)27-13-7-12-26(14-15-27)17-19-8-3-2-4-9-19/h2-6,8-11,16H,7,12-15,17H2,1H3. The summed E-state index contributed by atoms with van der Waals surface area (Å²) in [6.07, 6.45) is 2.48. The van der Waals surface area contributed by atoms with Gasteiger partial charge in [-0.25, -0.2) is 9.07 Å². The molecule has 1 saturated heterocycles. The maximum atomic E-state index is 14.1. The van der Waals surface area contributed by atoms with Crippen LogP contribution in [0, 0.1) is 12.7 Å². The van der Waals surface area contributed by atoms with Crippen LogP contribution in [-0.2, 0) is 6.54 Å². The van der Waals surface area contributed by atoms with E-state index in [1.807, 2.05) is 17.9 Å². The smallest absolute Gasteiger partial charge is 0.257 e. The average molecular weight is 392 g/mol. The molecule has 1 fully saturated rings. The summed E-state index contributed by atoms with van der Waals surface area (Å²) in [5.41, 5.74) is 2.83. The summed E-state index contributed by atoms with van der Waals surface area (Å²) in [5.74, 6) is -0.393. The van der Waals surface area contributed by atoms with Crippen molar-refractivity contribution >= 4 is 5.91 Å². The van der Waals surface area contributed by atoms with Gasteiger partial charge in [-0.1, -0.05) is 42.5 Å². The lowest BCUT2D eigenvalue weighted by molar-refractivity contribution is 0.0760. The average Bonchev–Trinajstić information content (AvgIpc) is 2.96. The fourth-order valence-electron chi connectivity index (χ4n) is 3.83. The summed E-state index contributed by atoms with van der Waals surface area (Å²) in [7, 11) is 0. The van der Waals surface area contributed by atoms with Gasteiger partial charge >= 0.3 is 0 Å². The second-order valence-corrected chi connectivity index (χ2v) is 7.41. The van der Waals surface area contributed by atoms with E-state index in [9.17, 15) is 9.18 Å². The Morgan fingerprint density at radius 1 is 1.00 bits per heavy atom. The van der Waals surface area contributed by atoms with E-state index in [4.69, 9.17) is 0 Å². The van der Waals surface area contributed by atoms with Crippen molar-refractivity contribution in [1.82, 2.24) is 19.6 Å². The van der Waals surface area contributed by atoms with Gasteiger partial charge < -0.3 is 4.90 Å². The predicted octanol–water partition coefficient (Wildman–Crippen LogP) is 3.67. The summed E-state index contributed by atoms with van der Waals surface area (Å²) < 4.78 is 15.6. The van der Waals surface area contributed by atoms with Crippen molar-refractivity contribution in [2.24, 2.45) is 0 Å². The van der Waals surface area contributed by atoms with Gasteiger partial charge in [-0.3, -0.25) is 9.69 Å². The zero-order valence-corrected chi connectivity index (χ0v) is 16.6. The Labute approximate surface area is 170 Å². The molecule has 0 bridgehead atoms. The minimum Gasteiger partial charge on any atom is -0.337 e. The Morgan fingerprint density at radius 2 is 1.76 bits per heavy atom. The van der Waals surface area contributed by atoms with Crippen LogP contribution in [0.5, 0.6) is 0 Å². The molecule has 1 aliphatic rings. The fourth-order valence-corrected chi connectivity index (χ4v) is 3.83. The Morgan fingerprint density at radius 3 is 2.55 bits per heavy atom. The van der Waals surface area contributed by atoms with E-state index < -0.39 is 0 Å². The molecule has 0 aliphatic carbocycles. The number of amides is 1. The Bertz CT molecular complexity index is 986. The monoisotopic (exact) mass is 392 g/mol. The number of aromatic nitrogens is 2. The van der Waals surface area contributed by atoms with Crippen molar-refractivity contribution in [2.45, 2.75) is 19.9 Å². The molecular weight excluding hydrogens is 367 g/mol. The molecule has 0 unspecified atom stereocenters. The number of benzene rings is 2. The molecule has 2 heterocycles. The molecule has 0 N–H and O–H groups in total. The van der Waals surface area contributed by atoms with Gasteiger partial charge in [-0.05, 0) is 31.0 Å². The molecule has 0 saturated carbocycles. The first-order chi connectivity index (χ1) is 14.1. The lowest BCUT2D eigenvalue weighted by Crippen LogP contribution is -2.35. The summed E-state index contributed by atoms with van der Waals surface area (Å²) in [4.78, 5) is 17.4. The number of hydrogen-bond donors (Lipinski definition) is 0. The third-order valence-corrected chi connectivity index (χ3v) is 5.45. The summed E-state index contributed by atoms with van der Waals surface area (Å²) in [6.45, 7) is 5.90. The lowest BCUT2D eigenvalue weighted by Gasteiger charge is -2.22. The number of halogens is 1. The second kappa shape index (κ2) is 8.57. The largest absolute Gasteiger partial charge is 0.337 e. The first kappa shape index (κ1) is 19.3. The molecule has 5 nitrogen and oxygen atoms in total. The van der Waals surface area contributed by atoms with E-state index >= 15 is 0 Å². The van der Waals surface area contributed by atoms with Crippen molar-refractivity contribution in [1.29, 1.82) is 0 Å². The zero-order valence-electron chi connectivity index (χ0n) is 16.6. The predicted molar refractivity (Wildman–Crippen MR) is 110 cm³/mol. The molecule has 150 valence electrons. The Hall–Kier alpha value is -2.99. The van der Waals surface area contributed by atoms with Crippen molar-refractivity contribution in [2.75, 3.05) is 26.2 Å². The minimum atomic E-state index is -0.357. The lowest BCUT2D eigenvalue weighted by atomic mass is 10.2. The third-order valence-electron chi connectivity index (χ3n) is 5.45. The third kappa shape index (κ3) is 4.22. The van der Waals surface area contributed by atoms with Crippen molar-refractivity contribution in [3.63, 3.8) is 0 Å². The molecule has 0 spiro atoms. The topological polar surface area (TPSA) is 41.4 Å². The van der Waals surface area contributed by atoms with E-state index in [1.54, 1.807) is 24.4 Å². The van der Waals surface area contributed by atoms with Crippen molar-refractivity contribution in [3.05, 3.63) is 83.4 Å². The zero-order chi connectivity index (χ0) is 20.2. The Kier molecular flexibility index (Phi) is 5.71. The van der Waals surface area contributed by atoms with Crippen LogP contribution in [0.1, 0.15) is 28.0 Å². The van der Waals surface area contributed by atoms with E-state index in [-0.39, 0.29) is 11.7 Å². The molecule has 1 aromatic heterocycles. The number of carbonyl (C=O) groups is 1. The highest BCUT2D eigenvalue weighted by Crippen LogP contribution is 2.19. The molecule has 0 atom stereocenters. The van der Waals surface area contributed by atoms with Gasteiger partial charge in [0.1, 0.15) is 11.5 Å². The number of rotatable bonds is 4. The number of para-hydroxylation sites is 1. The number of hydrogen-bond acceptors (Lipinski definition) is 3. The first-order valence-corrected chi connectivity index (χ1v) is 9.98. The van der Waals surface area contributed by atoms with Crippen LogP contribution in [0.25, 0.3) is 5.69 Å². The molecule has 3 aromatic rings. The quantitative estimate of drug-likeness (QED) is 0.680. The van der Waals surface area contributed by atoms with Gasteiger partial charge in [-0.2, -0.15) is 5.10 Å². The maximum Gasteiger partial charge on any atom is 0.257 e. The SMILES string of the molecule is Cc1c(C(=O)N2CCCN(Cc3ccccc3)CC2)cnn1-c1ccccc1F. The molecule has 0 radical (unpaired) electrons. The van der Waals surface area contributed by atoms with E-state index in [1.165, 1.54) is 16.3 Å². The molecule has 1 aliphatic heterocycles. The van der Waals surface area contributed by atoms with Gasteiger partial charge in [0, 0.05) is 32.7 Å². The Balaban J connectivity index is 1.46. The van der Waals surface area contributed by atoms with Crippen LogP contribution in [0.2, 0.25) is 0 Å². The van der Waals surface area contributed by atoms with Crippen LogP contribution >= 0.6 is 0 Å². The second-order valence-electron chi connectivity index (χ2n) is 7.41. The van der Waals surface area contributed by atoms with Gasteiger partial charge in [0.25, 0.3) is 5.91 Å². The van der Waals surface area contributed by atoms with Gasteiger partial charge in [-0.15, -0.1) is 0 Å². The summed E-state index contributed by atoms with van der Waals surface area (Å²) in [5, 5.41) is 4.28. The molecule has 4 rings (SSSR count). The number of carbonyl (C=O) groups excluding carboxylic acids is 1. The number of nitrogens with zero attached hydrogens (tertiary/aromatic N) is 4. The molecule has 6 heteroatoms. The van der Waals surface area contributed by atoms with Gasteiger partial charge in [0.05, 0.1) is 17.5 Å². The van der Waals surface area contributed by atoms with Crippen LogP contribution in [0.15, 0.2) is 60.8 Å². The van der Waals surface area contributed by atoms with Crippen LogP contribution in [-0.4, -0.2) is 51.7 Å². The van der Waals surface area contributed by atoms with E-state index in [0.717, 1.165) is 26.1 Å². The van der Waals surface area contributed by atoms with Crippen LogP contribution < -0.4 is 0 Å². The van der Waals surface area contributed by atoms with Gasteiger partial charge in [0.15, 0.2) is 0 Å². The highest BCUT2D eigenvalue weighted by Gasteiger charge is 2.24. The van der Waals surface area contributed by atoms with Crippen LogP contribution in [0.4, 0.5) is 4.39 Å². The first-order valence-electron chi connectivity index (χ1n) is 9.98. The highest BCUT2D eigenvalue weighted by molar-refractivity contribution is 5.95. The highest BCUT2D eigenvalue weighted by atomic mass is 19.1. The minimum absolute atomic E-state index is 0.0355. The van der Waals surface area contributed by atoms with Crippen molar-refractivity contribution < 1.29 is 9.18 Å². The van der Waals surface area contributed by atoms with E-state index in [2.05, 4.69) is 34.3 Å². The maximum absolute atomic E-state index is 14.1. The summed E-state index contributed by atoms with van der Waals surface area (Å²) in [6, 6.07) is 16.9. The molecule has 1 amide bonds. The fraction of sp³-hybridized carbons (Fsp3) is 0.304. The van der Waals surface area contributed by atoms with Crippen LogP contribution in [0.3, 0.4) is 0 Å². The normalized spacial score (nSPS) is 15.3. The summed E-state index contributed by atoms with van der Waals surface area (Å²) >= 11 is 0. The molecular formula is C23H25FN4O. The molecule has 2 aromatic carbocycles. The van der Waals surface area contributed by atoms with Crippen molar-refractivity contribution in [3.8, 4) is 5.69 Å². The molecule has 29 heavy (non-hydrogen) atoms.